The molecule has 0 fully saturated rings. The Balaban J connectivity index is 1.74. The quantitative estimate of drug-likeness (QED) is 0.366. The Labute approximate surface area is 122 Å². The Kier molecular flexibility index (Phi) is 5.11. The minimum atomic E-state index is -0.506. The van der Waals surface area contributed by atoms with Crippen LogP contribution in [0.3, 0.4) is 0 Å². The summed E-state index contributed by atoms with van der Waals surface area (Å²) < 4.78 is 10.9. The summed E-state index contributed by atoms with van der Waals surface area (Å²) in [6.45, 7) is 1.19. The third kappa shape index (κ3) is 4.47. The average Bonchev–Trinajstić information content (AvgIpc) is 2.47. The van der Waals surface area contributed by atoms with Crippen LogP contribution in [0.2, 0.25) is 0 Å². The number of rotatable bonds is 7. The van der Waals surface area contributed by atoms with Crippen LogP contribution < -0.4 is 10.5 Å². The Hall–Kier alpha value is -2.60. The number of anilines is 1. The van der Waals surface area contributed by atoms with Gasteiger partial charge in [0, 0.05) is 6.07 Å². The summed E-state index contributed by atoms with van der Waals surface area (Å²) in [7, 11) is 0. The topological polar surface area (TPSA) is 87.6 Å². The predicted molar refractivity (Wildman–Crippen MR) is 79.1 cm³/mol. The van der Waals surface area contributed by atoms with Crippen LogP contribution in [0.15, 0.2) is 48.5 Å². The minimum absolute atomic E-state index is 0.0915. The Morgan fingerprint density at radius 2 is 1.86 bits per heavy atom. The summed E-state index contributed by atoms with van der Waals surface area (Å²) in [5.41, 5.74) is 6.45. The molecule has 0 spiro atoms. The first-order chi connectivity index (χ1) is 10.2. The highest BCUT2D eigenvalue weighted by Gasteiger charge is 2.10. The molecule has 0 atom stereocenters. The Morgan fingerprint density at radius 1 is 1.10 bits per heavy atom. The predicted octanol–water partition coefficient (Wildman–Crippen LogP) is 2.77. The summed E-state index contributed by atoms with van der Waals surface area (Å²) in [5, 5.41) is 10.6. The van der Waals surface area contributed by atoms with Crippen molar-refractivity contribution in [2.24, 2.45) is 0 Å². The summed E-state index contributed by atoms with van der Waals surface area (Å²) in [4.78, 5) is 10.1. The van der Waals surface area contributed by atoms with Gasteiger partial charge in [-0.3, -0.25) is 10.1 Å². The second-order valence-corrected chi connectivity index (χ2v) is 4.36. The lowest BCUT2D eigenvalue weighted by molar-refractivity contribution is -0.383. The third-order valence-corrected chi connectivity index (χ3v) is 2.80. The molecule has 2 N–H and O–H groups in total. The molecule has 0 aromatic heterocycles. The van der Waals surface area contributed by atoms with E-state index in [4.69, 9.17) is 15.2 Å². The molecule has 0 saturated carbocycles. The third-order valence-electron chi connectivity index (χ3n) is 2.80. The van der Waals surface area contributed by atoms with Gasteiger partial charge in [0.15, 0.2) is 0 Å². The van der Waals surface area contributed by atoms with Crippen LogP contribution in [-0.2, 0) is 11.3 Å². The number of nitro groups is 1. The number of para-hydroxylation sites is 1. The Morgan fingerprint density at radius 3 is 2.52 bits per heavy atom. The van der Waals surface area contributed by atoms with Crippen molar-refractivity contribution in [1.82, 2.24) is 0 Å². The van der Waals surface area contributed by atoms with Crippen LogP contribution in [-0.4, -0.2) is 18.1 Å². The van der Waals surface area contributed by atoms with Gasteiger partial charge in [0.1, 0.15) is 18.0 Å². The monoisotopic (exact) mass is 288 g/mol. The van der Waals surface area contributed by atoms with Gasteiger partial charge in [-0.15, -0.1) is 0 Å². The largest absolute Gasteiger partial charge is 0.491 e. The van der Waals surface area contributed by atoms with Crippen LogP contribution in [0.1, 0.15) is 5.56 Å². The highest BCUT2D eigenvalue weighted by Crippen LogP contribution is 2.22. The highest BCUT2D eigenvalue weighted by atomic mass is 16.6. The summed E-state index contributed by atoms with van der Waals surface area (Å²) in [6.07, 6.45) is 0. The molecular formula is C15H16N2O4. The molecule has 2 aromatic carbocycles. The molecule has 0 aliphatic heterocycles. The molecule has 110 valence electrons. The molecule has 6 nitrogen and oxygen atoms in total. The van der Waals surface area contributed by atoms with Crippen LogP contribution in [0, 0.1) is 10.1 Å². The number of benzene rings is 2. The molecule has 0 radical (unpaired) electrons. The van der Waals surface area contributed by atoms with E-state index in [0.717, 1.165) is 11.3 Å². The minimum Gasteiger partial charge on any atom is -0.491 e. The summed E-state index contributed by atoms with van der Waals surface area (Å²) in [5.74, 6) is 0.792. The summed E-state index contributed by atoms with van der Waals surface area (Å²) in [6, 6.07) is 14.0. The number of nitrogens with two attached hydrogens (primary N) is 1. The maximum atomic E-state index is 10.6. The molecule has 0 bridgehead atoms. The van der Waals surface area contributed by atoms with Gasteiger partial charge < -0.3 is 15.2 Å². The van der Waals surface area contributed by atoms with Crippen molar-refractivity contribution < 1.29 is 14.4 Å². The normalized spacial score (nSPS) is 10.3. The zero-order valence-corrected chi connectivity index (χ0v) is 11.4. The van der Waals surface area contributed by atoms with E-state index < -0.39 is 4.92 Å². The van der Waals surface area contributed by atoms with Crippen molar-refractivity contribution in [2.45, 2.75) is 6.61 Å². The lowest BCUT2D eigenvalue weighted by Crippen LogP contribution is -2.07. The number of hydrogen-bond donors (Lipinski definition) is 1. The number of hydrogen-bond acceptors (Lipinski definition) is 5. The fraction of sp³-hybridized carbons (Fsp3) is 0.200. The van der Waals surface area contributed by atoms with E-state index in [-0.39, 0.29) is 11.4 Å². The molecule has 0 aliphatic carbocycles. The molecule has 6 heteroatoms. The van der Waals surface area contributed by atoms with Crippen LogP contribution in [0.4, 0.5) is 11.4 Å². The van der Waals surface area contributed by atoms with E-state index in [1.165, 1.54) is 6.07 Å². The van der Waals surface area contributed by atoms with Crippen molar-refractivity contribution in [2.75, 3.05) is 18.9 Å². The van der Waals surface area contributed by atoms with E-state index in [2.05, 4.69) is 0 Å². The second-order valence-electron chi connectivity index (χ2n) is 4.36. The molecular weight excluding hydrogens is 272 g/mol. The molecule has 0 heterocycles. The van der Waals surface area contributed by atoms with Gasteiger partial charge in [0.05, 0.1) is 18.1 Å². The van der Waals surface area contributed by atoms with Crippen molar-refractivity contribution in [1.29, 1.82) is 0 Å². The molecule has 0 aliphatic rings. The zero-order chi connectivity index (χ0) is 15.1. The van der Waals surface area contributed by atoms with Crippen molar-refractivity contribution >= 4 is 11.4 Å². The van der Waals surface area contributed by atoms with Crippen LogP contribution >= 0.6 is 0 Å². The fourth-order valence-corrected chi connectivity index (χ4v) is 1.79. The number of nitrogen functional groups attached to an aromatic ring is 1. The van der Waals surface area contributed by atoms with Gasteiger partial charge in [-0.05, 0) is 29.8 Å². The van der Waals surface area contributed by atoms with Crippen molar-refractivity contribution in [3.63, 3.8) is 0 Å². The molecule has 0 unspecified atom stereocenters. The van der Waals surface area contributed by atoms with Gasteiger partial charge in [0.25, 0.3) is 5.69 Å². The first kappa shape index (κ1) is 14.8. The molecule has 21 heavy (non-hydrogen) atoms. The van der Waals surface area contributed by atoms with Gasteiger partial charge in [0.2, 0.25) is 0 Å². The average molecular weight is 288 g/mol. The summed E-state index contributed by atoms with van der Waals surface area (Å²) >= 11 is 0. The van der Waals surface area contributed by atoms with E-state index >= 15 is 0 Å². The SMILES string of the molecule is Nc1cc(COCCOc2ccccc2)ccc1[N+](=O)[O-]. The number of nitro benzene ring substituents is 1. The van der Waals surface area contributed by atoms with Crippen LogP contribution in [0.5, 0.6) is 5.75 Å². The first-order valence-corrected chi connectivity index (χ1v) is 6.45. The Bertz CT molecular complexity index is 602. The number of ether oxygens (including phenoxy) is 2. The smallest absolute Gasteiger partial charge is 0.292 e. The standard InChI is InChI=1S/C15H16N2O4/c16-14-10-12(6-7-15(14)17(18)19)11-20-8-9-21-13-4-2-1-3-5-13/h1-7,10H,8-9,11,16H2. The van der Waals surface area contributed by atoms with Crippen LogP contribution in [0.25, 0.3) is 0 Å². The van der Waals surface area contributed by atoms with Crippen molar-refractivity contribution in [3.05, 3.63) is 64.2 Å². The molecule has 2 rings (SSSR count). The fourth-order valence-electron chi connectivity index (χ4n) is 1.79. The van der Waals surface area contributed by atoms with Gasteiger partial charge in [-0.1, -0.05) is 18.2 Å². The zero-order valence-electron chi connectivity index (χ0n) is 11.4. The molecule has 2 aromatic rings. The van der Waals surface area contributed by atoms with Gasteiger partial charge >= 0.3 is 0 Å². The van der Waals surface area contributed by atoms with Gasteiger partial charge in [-0.25, -0.2) is 0 Å². The van der Waals surface area contributed by atoms with E-state index in [1.807, 2.05) is 30.3 Å². The number of nitrogens with zero attached hydrogens (tertiary/aromatic N) is 1. The molecule has 0 saturated heterocycles. The van der Waals surface area contributed by atoms with E-state index in [9.17, 15) is 10.1 Å². The second kappa shape index (κ2) is 7.25. The molecule has 0 amide bonds. The van der Waals surface area contributed by atoms with Gasteiger partial charge in [-0.2, -0.15) is 0 Å². The maximum Gasteiger partial charge on any atom is 0.292 e. The van der Waals surface area contributed by atoms with E-state index in [0.29, 0.717) is 19.8 Å². The highest BCUT2D eigenvalue weighted by molar-refractivity contribution is 5.59. The van der Waals surface area contributed by atoms with Crippen molar-refractivity contribution in [3.8, 4) is 5.75 Å². The lowest BCUT2D eigenvalue weighted by atomic mass is 10.2. The first-order valence-electron chi connectivity index (χ1n) is 6.45. The van der Waals surface area contributed by atoms with E-state index in [1.54, 1.807) is 12.1 Å². The lowest BCUT2D eigenvalue weighted by Gasteiger charge is -2.07. The maximum absolute atomic E-state index is 10.6.